The third kappa shape index (κ3) is 6.15. The van der Waals surface area contributed by atoms with Gasteiger partial charge in [-0.3, -0.25) is 4.68 Å². The number of ether oxygens (including phenoxy) is 2. The van der Waals surface area contributed by atoms with Crippen molar-refractivity contribution < 1.29 is 9.47 Å². The minimum atomic E-state index is 0.178. The molecule has 1 aromatic carbocycles. The molecule has 0 N–H and O–H groups in total. The predicted molar refractivity (Wildman–Crippen MR) is 107 cm³/mol. The van der Waals surface area contributed by atoms with Gasteiger partial charge in [0.2, 0.25) is 0 Å². The van der Waals surface area contributed by atoms with Crippen molar-refractivity contribution in [3.05, 3.63) is 36.0 Å². The predicted octanol–water partition coefficient (Wildman–Crippen LogP) is 4.22. The summed E-state index contributed by atoms with van der Waals surface area (Å²) in [6.45, 7) is 9.71. The molecule has 5 heteroatoms. The molecule has 0 aliphatic carbocycles. The smallest absolute Gasteiger partial charge is 0.119 e. The second kappa shape index (κ2) is 10.3. The van der Waals surface area contributed by atoms with Gasteiger partial charge in [0.1, 0.15) is 5.75 Å². The van der Waals surface area contributed by atoms with Crippen LogP contribution in [0.25, 0.3) is 11.3 Å². The van der Waals surface area contributed by atoms with E-state index in [0.717, 1.165) is 36.6 Å². The van der Waals surface area contributed by atoms with Crippen LogP contribution in [0.4, 0.5) is 0 Å². The second-order valence-corrected chi connectivity index (χ2v) is 7.04. The molecule has 0 unspecified atom stereocenters. The van der Waals surface area contributed by atoms with Crippen molar-refractivity contribution in [3.63, 3.8) is 0 Å². The van der Waals surface area contributed by atoms with Gasteiger partial charge in [-0.05, 0) is 58.1 Å². The molecule has 26 heavy (non-hydrogen) atoms. The number of hydrogen-bond acceptors (Lipinski definition) is 4. The van der Waals surface area contributed by atoms with Gasteiger partial charge in [0.25, 0.3) is 0 Å². The molecule has 0 saturated carbocycles. The average molecular weight is 360 g/mol. The van der Waals surface area contributed by atoms with Crippen LogP contribution in [0, 0.1) is 0 Å². The van der Waals surface area contributed by atoms with Gasteiger partial charge in [0, 0.05) is 31.0 Å². The highest BCUT2D eigenvalue weighted by molar-refractivity contribution is 5.63. The van der Waals surface area contributed by atoms with Crippen LogP contribution < -0.4 is 4.74 Å². The van der Waals surface area contributed by atoms with E-state index in [1.165, 1.54) is 18.4 Å². The molecular formula is C21H33N3O2. The van der Waals surface area contributed by atoms with E-state index in [9.17, 15) is 0 Å². The zero-order valence-electron chi connectivity index (χ0n) is 16.9. The Morgan fingerprint density at radius 1 is 1.19 bits per heavy atom. The lowest BCUT2D eigenvalue weighted by molar-refractivity contribution is 0.183. The molecular weight excluding hydrogens is 326 g/mol. The first-order chi connectivity index (χ1) is 12.5. The lowest BCUT2D eigenvalue weighted by atomic mass is 10.1. The summed E-state index contributed by atoms with van der Waals surface area (Å²) in [6.07, 6.45) is 4.75. The Bertz CT molecular complexity index is 650. The van der Waals surface area contributed by atoms with Gasteiger partial charge in [0.15, 0.2) is 0 Å². The first-order valence-corrected chi connectivity index (χ1v) is 9.54. The van der Waals surface area contributed by atoms with Crippen LogP contribution in [-0.4, -0.2) is 48.1 Å². The standard InChI is InChI=1S/C21H33N3O2/c1-6-7-12-23(4)15-19-16-24(13-14-25-5)22-21(19)18-8-10-20(11-9-18)26-17(2)3/h8-11,16-17H,6-7,12-15H2,1-5H3. The van der Waals surface area contributed by atoms with Gasteiger partial charge in [-0.15, -0.1) is 0 Å². The number of nitrogens with zero attached hydrogens (tertiary/aromatic N) is 3. The first kappa shape index (κ1) is 20.5. The maximum atomic E-state index is 5.75. The maximum Gasteiger partial charge on any atom is 0.119 e. The highest BCUT2D eigenvalue weighted by Crippen LogP contribution is 2.26. The van der Waals surface area contributed by atoms with Crippen LogP contribution in [0.2, 0.25) is 0 Å². The van der Waals surface area contributed by atoms with E-state index in [0.29, 0.717) is 6.61 Å². The average Bonchev–Trinajstić information content (AvgIpc) is 3.01. The van der Waals surface area contributed by atoms with Gasteiger partial charge in [-0.1, -0.05) is 13.3 Å². The van der Waals surface area contributed by atoms with E-state index < -0.39 is 0 Å². The molecule has 0 atom stereocenters. The van der Waals surface area contributed by atoms with Crippen LogP contribution in [0.1, 0.15) is 39.2 Å². The van der Waals surface area contributed by atoms with Crippen molar-refractivity contribution in [1.82, 2.24) is 14.7 Å². The Balaban J connectivity index is 2.22. The maximum absolute atomic E-state index is 5.75. The van der Waals surface area contributed by atoms with Gasteiger partial charge >= 0.3 is 0 Å². The summed E-state index contributed by atoms with van der Waals surface area (Å²) in [6, 6.07) is 8.23. The Morgan fingerprint density at radius 3 is 2.54 bits per heavy atom. The van der Waals surface area contributed by atoms with Crippen molar-refractivity contribution in [2.24, 2.45) is 0 Å². The third-order valence-electron chi connectivity index (χ3n) is 4.20. The number of hydrogen-bond donors (Lipinski definition) is 0. The number of benzene rings is 1. The Kier molecular flexibility index (Phi) is 8.13. The summed E-state index contributed by atoms with van der Waals surface area (Å²) in [4.78, 5) is 2.36. The molecule has 2 aromatic rings. The van der Waals surface area contributed by atoms with Crippen LogP contribution in [0.3, 0.4) is 0 Å². The van der Waals surface area contributed by atoms with Crippen molar-refractivity contribution in [2.75, 3.05) is 27.3 Å². The summed E-state index contributed by atoms with van der Waals surface area (Å²) in [5.74, 6) is 0.893. The van der Waals surface area contributed by atoms with Crippen LogP contribution in [0.5, 0.6) is 5.75 Å². The van der Waals surface area contributed by atoms with Gasteiger partial charge in [-0.25, -0.2) is 0 Å². The van der Waals surface area contributed by atoms with Crippen LogP contribution >= 0.6 is 0 Å². The minimum Gasteiger partial charge on any atom is -0.491 e. The molecule has 0 aliphatic heterocycles. The normalized spacial score (nSPS) is 11.5. The van der Waals surface area contributed by atoms with Gasteiger partial charge < -0.3 is 14.4 Å². The molecule has 5 nitrogen and oxygen atoms in total. The number of unbranched alkanes of at least 4 members (excludes halogenated alkanes) is 1. The summed E-state index contributed by atoms with van der Waals surface area (Å²) < 4.78 is 12.9. The lowest BCUT2D eigenvalue weighted by Gasteiger charge is -2.16. The summed E-state index contributed by atoms with van der Waals surface area (Å²) >= 11 is 0. The molecule has 1 aromatic heterocycles. The van der Waals surface area contributed by atoms with E-state index >= 15 is 0 Å². The lowest BCUT2D eigenvalue weighted by Crippen LogP contribution is -2.19. The fraction of sp³-hybridized carbons (Fsp3) is 0.571. The number of aromatic nitrogens is 2. The Labute approximate surface area is 157 Å². The minimum absolute atomic E-state index is 0.178. The fourth-order valence-corrected chi connectivity index (χ4v) is 2.88. The van der Waals surface area contributed by atoms with E-state index in [1.54, 1.807) is 7.11 Å². The molecule has 0 saturated heterocycles. The molecule has 0 fully saturated rings. The van der Waals surface area contributed by atoms with Crippen LogP contribution in [-0.2, 0) is 17.8 Å². The largest absolute Gasteiger partial charge is 0.491 e. The van der Waals surface area contributed by atoms with E-state index in [1.807, 2.05) is 30.7 Å². The topological polar surface area (TPSA) is 39.5 Å². The molecule has 1 heterocycles. The van der Waals surface area contributed by atoms with E-state index in [4.69, 9.17) is 14.6 Å². The quantitative estimate of drug-likeness (QED) is 0.602. The van der Waals surface area contributed by atoms with Crippen LogP contribution in [0.15, 0.2) is 30.5 Å². The zero-order chi connectivity index (χ0) is 18.9. The van der Waals surface area contributed by atoms with E-state index in [2.05, 4.69) is 37.2 Å². The second-order valence-electron chi connectivity index (χ2n) is 7.04. The molecule has 0 spiro atoms. The van der Waals surface area contributed by atoms with Crippen molar-refractivity contribution in [2.45, 2.75) is 52.8 Å². The van der Waals surface area contributed by atoms with Crippen molar-refractivity contribution in [3.8, 4) is 17.0 Å². The third-order valence-corrected chi connectivity index (χ3v) is 4.20. The summed E-state index contributed by atoms with van der Waals surface area (Å²) in [5, 5.41) is 4.81. The van der Waals surface area contributed by atoms with Crippen molar-refractivity contribution >= 4 is 0 Å². The molecule has 0 aliphatic rings. The molecule has 0 bridgehead atoms. The zero-order valence-corrected chi connectivity index (χ0v) is 16.9. The Hall–Kier alpha value is -1.85. The molecule has 2 rings (SSSR count). The monoisotopic (exact) mass is 359 g/mol. The highest BCUT2D eigenvalue weighted by Gasteiger charge is 2.13. The van der Waals surface area contributed by atoms with Gasteiger partial charge in [0.05, 0.1) is 24.9 Å². The van der Waals surface area contributed by atoms with Gasteiger partial charge in [-0.2, -0.15) is 5.10 Å². The number of rotatable bonds is 11. The fourth-order valence-electron chi connectivity index (χ4n) is 2.88. The molecule has 0 radical (unpaired) electrons. The highest BCUT2D eigenvalue weighted by atomic mass is 16.5. The molecule has 0 amide bonds. The number of methoxy groups -OCH3 is 1. The SMILES string of the molecule is CCCCN(C)Cc1cn(CCOC)nc1-c1ccc(OC(C)C)cc1. The van der Waals surface area contributed by atoms with Crippen molar-refractivity contribution in [1.29, 1.82) is 0 Å². The summed E-state index contributed by atoms with van der Waals surface area (Å²) in [5.41, 5.74) is 3.41. The first-order valence-electron chi connectivity index (χ1n) is 9.54. The molecule has 144 valence electrons. The Morgan fingerprint density at radius 2 is 1.92 bits per heavy atom. The van der Waals surface area contributed by atoms with E-state index in [-0.39, 0.29) is 6.10 Å². The summed E-state index contributed by atoms with van der Waals surface area (Å²) in [7, 11) is 3.89.